The molecular weight excluding hydrogens is 1970 g/mol. The van der Waals surface area contributed by atoms with Crippen LogP contribution in [0.15, 0.2) is 54.6 Å². The number of nitrogens with zero attached hydrogens (tertiary/aromatic N) is 1. The second kappa shape index (κ2) is 66.7. The van der Waals surface area contributed by atoms with Gasteiger partial charge in [-0.25, -0.2) is 4.79 Å². The molecule has 3 rings (SSSR count). The molecule has 20 amide bonds. The molecule has 838 valence electrons. The minimum atomic E-state index is -2.06. The van der Waals surface area contributed by atoms with Crippen LogP contribution in [0.5, 0.6) is 5.75 Å². The SMILES string of the molecule is CC[C@H](C)[C@H](NC(=O)CNC(=O)[C@H](CCC(N)=O)NC(=O)[C@@H](NC(=O)[C@H](CO)NC(=O)[C@H](CCCCN)NC(=O)[C@H](CCCNC(=N)N)NC(=O)[C@H](CC(C)C)NC(=O)[C@H](Cc1ccccc1)NC(=O)[C@H](CC(N)=O)NC(=O)[C@@H](NC(=O)[C@H](CCCNC(=N)N)NC(=O)[C@@H](NC(=O)[C@H](CCC(N)=O)NC(=O)[C@@H]1CCCN1C(=O)[C@@H](N)CC(C)C)[C@@H](C)CC)[C@@H](C)O)[C@@H](C)O)C(=O)N[C@@H](CO)C(=O)N[C@@H](Cc1ccc(O)cc1)C(=O)O. The molecule has 1 aliphatic heterocycles. The summed E-state index contributed by atoms with van der Waals surface area (Å²) < 4.78 is 0. The molecular formula is C95H156N28O27. The van der Waals surface area contributed by atoms with Gasteiger partial charge in [0.1, 0.15) is 102 Å². The summed E-state index contributed by atoms with van der Waals surface area (Å²) in [6.07, 6.45) is -6.83. The molecule has 21 atom stereocenters. The first-order valence-electron chi connectivity index (χ1n) is 49.8. The number of carboxylic acids is 1. The Morgan fingerprint density at radius 1 is 0.400 bits per heavy atom. The molecule has 1 saturated heterocycles. The smallest absolute Gasteiger partial charge is 0.326 e. The summed E-state index contributed by atoms with van der Waals surface area (Å²) in [6, 6.07) is -14.8. The number of phenolic OH excluding ortho intramolecular Hbond substituents is 1. The fraction of sp³-hybridized carbons (Fsp3) is 0.632. The number of phenols is 1. The van der Waals surface area contributed by atoms with E-state index < -0.39 is 314 Å². The molecule has 0 saturated carbocycles. The van der Waals surface area contributed by atoms with E-state index >= 15 is 4.79 Å². The lowest BCUT2D eigenvalue weighted by Crippen LogP contribution is -2.63. The number of aliphatic carboxylic acids is 1. The molecule has 2 aromatic rings. The van der Waals surface area contributed by atoms with Gasteiger partial charge in [0.25, 0.3) is 0 Å². The molecule has 40 N–H and O–H groups in total. The van der Waals surface area contributed by atoms with Crippen molar-refractivity contribution < 1.29 is 131 Å². The van der Waals surface area contributed by atoms with E-state index in [0.29, 0.717) is 24.0 Å². The van der Waals surface area contributed by atoms with Crippen LogP contribution < -0.4 is 136 Å². The number of nitrogens with one attached hydrogen (secondary N) is 20. The van der Waals surface area contributed by atoms with Crippen LogP contribution in [0, 0.1) is 34.5 Å². The quantitative estimate of drug-likeness (QED) is 0.0166. The van der Waals surface area contributed by atoms with Gasteiger partial charge in [-0.3, -0.25) is 107 Å². The number of amides is 20. The van der Waals surface area contributed by atoms with Gasteiger partial charge in [0.05, 0.1) is 44.4 Å². The van der Waals surface area contributed by atoms with Crippen LogP contribution in [0.2, 0.25) is 0 Å². The predicted octanol–water partition coefficient (Wildman–Crippen LogP) is -10.0. The van der Waals surface area contributed by atoms with Gasteiger partial charge in [0, 0.05) is 45.3 Å². The number of carbonyl (C=O) groups is 21. The normalized spacial score (nSPS) is 16.2. The number of aliphatic hydroxyl groups excluding tert-OH is 4. The molecule has 55 heteroatoms. The van der Waals surface area contributed by atoms with E-state index in [2.05, 4.69) is 95.7 Å². The molecule has 55 nitrogen and oxygen atoms in total. The standard InChI is InChI=1S/C95H156N28O27/c1-11-49(7)73(88(144)118-66(45-124)85(141)116-65(93(149)150)42-54-27-29-55(128)30-28-54)119-72(132)44-107-77(133)60(31-33-69(98)129)112-90(146)75(51(9)126)122-86(142)67(46-125)117-79(135)57(23-16-17-35-96)108-78(134)58(24-18-36-105-94(101)102)109-82(138)62(40-48(5)6)113-83(139)63(41-53-21-14-13-15-22-53)114-84(140)64(43-71(100)131)115-91(147)76(52(10)127)121-80(136)59(25-19-37-106-95(103)104)111-89(145)74(50(8)12-2)120-81(137)61(32-34-70(99)130)110-87(143)68-26-20-38-123(68)92(148)56(97)39-47(3)4/h13-15,21-22,27-30,47-52,56-68,73-76,124-128H,11-12,16-20,23-26,31-46,96-97H2,1-10H3,(H2,98,129)(H2,99,130)(H2,100,131)(H,107,133)(H,108,134)(H,109,138)(H,110,143)(H,111,145)(H,112,146)(H,113,139)(H,114,140)(H,115,147)(H,116,141)(H,117,135)(H,118,144)(H,119,132)(H,120,137)(H,121,136)(H,122,142)(H,149,150)(H4,101,102,105)(H4,103,104,106)/t49-,50-,51+,52+,56-,57-,58-,59-,60-,61-,62-,63-,64-,65-,66-,67-,68-,73-,74-,75-,76-/m0/s1. The van der Waals surface area contributed by atoms with Crippen LogP contribution in [0.1, 0.15) is 196 Å². The fourth-order valence-electron chi connectivity index (χ4n) is 15.7. The summed E-state index contributed by atoms with van der Waals surface area (Å²) in [5, 5.41) is 122. The maximum Gasteiger partial charge on any atom is 0.326 e. The number of likely N-dealkylation sites (tertiary alicyclic amines) is 1. The Hall–Kier alpha value is -14.6. The van der Waals surface area contributed by atoms with E-state index in [4.69, 9.17) is 51.0 Å². The van der Waals surface area contributed by atoms with Crippen molar-refractivity contribution in [3.63, 3.8) is 0 Å². The van der Waals surface area contributed by atoms with Crippen LogP contribution in [-0.2, 0) is 114 Å². The van der Waals surface area contributed by atoms with Crippen molar-refractivity contribution in [2.45, 2.75) is 313 Å². The summed E-state index contributed by atoms with van der Waals surface area (Å²) in [5.41, 5.74) is 40.5. The number of aromatic hydroxyl groups is 1. The Labute approximate surface area is 868 Å². The molecule has 1 aliphatic rings. The van der Waals surface area contributed by atoms with Gasteiger partial charge in [-0.2, -0.15) is 0 Å². The summed E-state index contributed by atoms with van der Waals surface area (Å²) in [7, 11) is 0. The zero-order valence-electron chi connectivity index (χ0n) is 86.3. The number of hydrogen-bond donors (Lipinski definition) is 33. The summed E-state index contributed by atoms with van der Waals surface area (Å²) in [5.74, 6) is -25.9. The van der Waals surface area contributed by atoms with Gasteiger partial charge in [-0.1, -0.05) is 111 Å². The molecule has 1 heterocycles. The second-order valence-electron chi connectivity index (χ2n) is 37.9. The van der Waals surface area contributed by atoms with Crippen LogP contribution >= 0.6 is 0 Å². The topological polar surface area (TPSA) is 929 Å². The number of unbranched alkanes of at least 4 members (excludes halogenated alkanes) is 1. The highest BCUT2D eigenvalue weighted by molar-refractivity contribution is 6.03. The van der Waals surface area contributed by atoms with Crippen molar-refractivity contribution in [3.05, 3.63) is 65.7 Å². The highest BCUT2D eigenvalue weighted by atomic mass is 16.4. The molecule has 0 aliphatic carbocycles. The second-order valence-corrected chi connectivity index (χ2v) is 37.9. The van der Waals surface area contributed by atoms with Gasteiger partial charge in [-0.15, -0.1) is 0 Å². The first-order valence-corrected chi connectivity index (χ1v) is 49.8. The maximum atomic E-state index is 15.0. The number of nitrogens with two attached hydrogens (primary N) is 7. The van der Waals surface area contributed by atoms with Crippen LogP contribution in [0.4, 0.5) is 0 Å². The lowest BCUT2D eigenvalue weighted by molar-refractivity contribution is -0.142. The Morgan fingerprint density at radius 2 is 0.767 bits per heavy atom. The maximum absolute atomic E-state index is 15.0. The Morgan fingerprint density at radius 3 is 1.21 bits per heavy atom. The van der Waals surface area contributed by atoms with Crippen LogP contribution in [0.3, 0.4) is 0 Å². The first kappa shape index (κ1) is 130. The average Bonchev–Trinajstić information content (AvgIpc) is 1.71. The number of guanidine groups is 2. The number of rotatable bonds is 70. The molecule has 1 fully saturated rings. The molecule has 0 aromatic heterocycles. The molecule has 0 radical (unpaired) electrons. The fourth-order valence-corrected chi connectivity index (χ4v) is 15.7. The van der Waals surface area contributed by atoms with Crippen LogP contribution in [-0.4, -0.2) is 332 Å². The van der Waals surface area contributed by atoms with Crippen molar-refractivity contribution in [1.29, 1.82) is 10.8 Å². The van der Waals surface area contributed by atoms with Gasteiger partial charge in [0.2, 0.25) is 118 Å². The molecule has 0 bridgehead atoms. The third-order valence-corrected chi connectivity index (χ3v) is 24.4. The van der Waals surface area contributed by atoms with Crippen molar-refractivity contribution >= 4 is 136 Å². The van der Waals surface area contributed by atoms with E-state index in [0.717, 1.165) is 13.8 Å². The number of benzene rings is 2. The van der Waals surface area contributed by atoms with E-state index in [1.54, 1.807) is 65.0 Å². The van der Waals surface area contributed by atoms with Gasteiger partial charge >= 0.3 is 5.97 Å². The highest BCUT2D eigenvalue weighted by Crippen LogP contribution is 2.23. The number of primary amides is 3. The minimum Gasteiger partial charge on any atom is -0.508 e. The van der Waals surface area contributed by atoms with Gasteiger partial charge < -0.3 is 171 Å². The summed E-state index contributed by atoms with van der Waals surface area (Å²) >= 11 is 0. The zero-order chi connectivity index (χ0) is 113. The van der Waals surface area contributed by atoms with E-state index in [9.17, 15) is 127 Å². The molecule has 0 spiro atoms. The summed E-state index contributed by atoms with van der Waals surface area (Å²) in [6.45, 7) is 12.4. The van der Waals surface area contributed by atoms with Crippen molar-refractivity contribution in [2.75, 3.05) is 45.9 Å². The molecule has 2 aromatic carbocycles. The van der Waals surface area contributed by atoms with Crippen molar-refractivity contribution in [1.82, 2.24) is 101 Å². The average molecular weight is 2120 g/mol. The van der Waals surface area contributed by atoms with Crippen molar-refractivity contribution in [3.8, 4) is 5.75 Å². The number of aliphatic hydroxyl groups is 4. The van der Waals surface area contributed by atoms with E-state index in [-0.39, 0.29) is 128 Å². The Kier molecular flexibility index (Phi) is 57.6. The third kappa shape index (κ3) is 46.9. The van der Waals surface area contributed by atoms with Crippen molar-refractivity contribution in [2.24, 2.45) is 63.8 Å². The summed E-state index contributed by atoms with van der Waals surface area (Å²) in [4.78, 5) is 293. The highest BCUT2D eigenvalue weighted by Gasteiger charge is 2.44. The number of carboxylic acid groups (broad SMARTS) is 1. The number of carbonyl (C=O) groups excluding carboxylic acids is 20. The van der Waals surface area contributed by atoms with E-state index in [1.165, 1.54) is 36.1 Å². The Bertz CT molecular complexity index is 4890. The first-order chi connectivity index (χ1) is 70.6. The molecule has 0 unspecified atom stereocenters. The Balaban J connectivity index is 1.96. The monoisotopic (exact) mass is 2120 g/mol. The van der Waals surface area contributed by atoms with Gasteiger partial charge in [-0.05, 0) is 151 Å². The van der Waals surface area contributed by atoms with E-state index in [1.807, 2.05) is 13.8 Å². The van der Waals surface area contributed by atoms with Gasteiger partial charge in [0.15, 0.2) is 11.9 Å². The zero-order valence-corrected chi connectivity index (χ0v) is 86.3. The molecule has 150 heavy (non-hydrogen) atoms. The predicted molar refractivity (Wildman–Crippen MR) is 542 cm³/mol. The third-order valence-electron chi connectivity index (χ3n) is 24.4. The largest absolute Gasteiger partial charge is 0.508 e. The van der Waals surface area contributed by atoms with Crippen LogP contribution in [0.25, 0.3) is 0 Å². The minimum absolute atomic E-state index is 0.0344. The number of hydrogen-bond acceptors (Lipinski definition) is 30. The lowest BCUT2D eigenvalue weighted by atomic mass is 9.96. The lowest BCUT2D eigenvalue weighted by Gasteiger charge is -2.31.